The van der Waals surface area contributed by atoms with Gasteiger partial charge in [0.05, 0.1) is 16.7 Å². The first-order valence-corrected chi connectivity index (χ1v) is 9.10. The molecule has 1 aliphatic rings. The van der Waals surface area contributed by atoms with Crippen LogP contribution >= 0.6 is 0 Å². The topological polar surface area (TPSA) is 34.4 Å². The minimum Gasteiger partial charge on any atom is -0.304 e. The van der Waals surface area contributed by atoms with Gasteiger partial charge < -0.3 is 4.40 Å². The maximum Gasteiger partial charge on any atom is 0.137 e. The zero-order valence-corrected chi connectivity index (χ0v) is 13.6. The number of imidazole rings is 1. The summed E-state index contributed by atoms with van der Waals surface area (Å²) in [6.45, 7) is 2.02. The Morgan fingerprint density at radius 3 is 2.96 bits per heavy atom. The number of halogens is 1. The summed E-state index contributed by atoms with van der Waals surface area (Å²) < 4.78 is 28.6. The van der Waals surface area contributed by atoms with Crippen LogP contribution in [-0.4, -0.2) is 13.6 Å². The summed E-state index contributed by atoms with van der Waals surface area (Å²) in [4.78, 5) is 4.55. The average molecular weight is 328 g/mol. The van der Waals surface area contributed by atoms with Crippen molar-refractivity contribution in [2.45, 2.75) is 30.8 Å². The number of nitrogens with zero attached hydrogens (tertiary/aromatic N) is 2. The van der Waals surface area contributed by atoms with Crippen molar-refractivity contribution >= 4 is 16.4 Å². The van der Waals surface area contributed by atoms with Gasteiger partial charge in [-0.2, -0.15) is 0 Å². The molecule has 0 aliphatic heterocycles. The average Bonchev–Trinajstić information content (AvgIpc) is 3.12. The van der Waals surface area contributed by atoms with E-state index in [2.05, 4.69) is 4.98 Å². The lowest BCUT2D eigenvalue weighted by atomic mass is 10.1. The molecule has 0 unspecified atom stereocenters. The van der Waals surface area contributed by atoms with Gasteiger partial charge in [-0.25, -0.2) is 9.37 Å². The SMILES string of the molecule is Cc1cccc2nc(C[S@](=O)[C@H]3CCc4c(F)cccc43)cn12. The molecule has 2 atom stereocenters. The van der Waals surface area contributed by atoms with Crippen molar-refractivity contribution in [3.63, 3.8) is 0 Å². The Morgan fingerprint density at radius 2 is 2.13 bits per heavy atom. The summed E-state index contributed by atoms with van der Waals surface area (Å²) in [5.41, 5.74) is 4.43. The van der Waals surface area contributed by atoms with E-state index < -0.39 is 10.8 Å². The quantitative estimate of drug-likeness (QED) is 0.734. The number of hydrogen-bond donors (Lipinski definition) is 0. The molecule has 3 aromatic rings. The van der Waals surface area contributed by atoms with E-state index >= 15 is 0 Å². The van der Waals surface area contributed by atoms with Crippen LogP contribution in [0.25, 0.3) is 5.65 Å². The first-order valence-electron chi connectivity index (χ1n) is 7.71. The van der Waals surface area contributed by atoms with E-state index in [-0.39, 0.29) is 11.1 Å². The summed E-state index contributed by atoms with van der Waals surface area (Å²) in [5, 5.41) is -0.0911. The van der Waals surface area contributed by atoms with E-state index in [0.717, 1.165) is 34.6 Å². The van der Waals surface area contributed by atoms with E-state index in [1.807, 2.05) is 41.8 Å². The Hall–Kier alpha value is -2.01. The summed E-state index contributed by atoms with van der Waals surface area (Å²) in [7, 11) is -1.09. The van der Waals surface area contributed by atoms with E-state index in [0.29, 0.717) is 12.2 Å². The standard InChI is InChI=1S/C18H17FN2OS/c1-12-4-2-7-18-20-13(10-21(12)18)11-23(22)17-9-8-14-15(17)5-3-6-16(14)19/h2-7,10,17H,8-9,11H2,1H3/t17-,23-/m0/s1. The number of aryl methyl sites for hydroxylation is 1. The molecule has 0 N–H and O–H groups in total. The van der Waals surface area contributed by atoms with Crippen molar-refractivity contribution in [1.29, 1.82) is 0 Å². The predicted molar refractivity (Wildman–Crippen MR) is 89.2 cm³/mol. The zero-order chi connectivity index (χ0) is 16.0. The molecule has 118 valence electrons. The molecule has 3 nitrogen and oxygen atoms in total. The maximum absolute atomic E-state index is 13.8. The molecule has 4 rings (SSSR count). The van der Waals surface area contributed by atoms with E-state index in [1.165, 1.54) is 6.07 Å². The number of fused-ring (bicyclic) bond motifs is 2. The highest BCUT2D eigenvalue weighted by Gasteiger charge is 2.29. The fourth-order valence-electron chi connectivity index (χ4n) is 3.36. The molecule has 0 saturated carbocycles. The van der Waals surface area contributed by atoms with Crippen LogP contribution in [0.1, 0.15) is 34.2 Å². The molecule has 0 radical (unpaired) electrons. The molecule has 0 bridgehead atoms. The van der Waals surface area contributed by atoms with E-state index in [1.54, 1.807) is 6.07 Å². The number of aromatic nitrogens is 2. The second-order valence-electron chi connectivity index (χ2n) is 5.99. The van der Waals surface area contributed by atoms with E-state index in [4.69, 9.17) is 0 Å². The Balaban J connectivity index is 1.61. The van der Waals surface area contributed by atoms with Crippen molar-refractivity contribution in [1.82, 2.24) is 9.38 Å². The van der Waals surface area contributed by atoms with E-state index in [9.17, 15) is 8.60 Å². The van der Waals surface area contributed by atoms with Gasteiger partial charge in [-0.3, -0.25) is 4.21 Å². The lowest BCUT2D eigenvalue weighted by Gasteiger charge is -2.10. The number of pyridine rings is 1. The molecule has 1 aromatic carbocycles. The molecule has 0 amide bonds. The highest BCUT2D eigenvalue weighted by Crippen LogP contribution is 2.37. The fraction of sp³-hybridized carbons (Fsp3) is 0.278. The van der Waals surface area contributed by atoms with Gasteiger partial charge in [-0.05, 0) is 49.1 Å². The molecule has 0 saturated heterocycles. The van der Waals surface area contributed by atoms with Crippen molar-refractivity contribution in [2.75, 3.05) is 0 Å². The van der Waals surface area contributed by atoms with Crippen LogP contribution in [-0.2, 0) is 23.0 Å². The van der Waals surface area contributed by atoms with Gasteiger partial charge in [-0.1, -0.05) is 18.2 Å². The second kappa shape index (κ2) is 5.57. The monoisotopic (exact) mass is 328 g/mol. The van der Waals surface area contributed by atoms with Gasteiger partial charge in [0.25, 0.3) is 0 Å². The van der Waals surface area contributed by atoms with Crippen molar-refractivity contribution in [2.24, 2.45) is 0 Å². The second-order valence-corrected chi connectivity index (χ2v) is 7.61. The summed E-state index contributed by atoms with van der Waals surface area (Å²) in [5.74, 6) is 0.229. The first-order chi connectivity index (χ1) is 11.1. The molecule has 0 spiro atoms. The minimum absolute atomic E-state index is 0.0911. The Bertz CT molecular complexity index is 919. The third kappa shape index (κ3) is 2.49. The van der Waals surface area contributed by atoms with Crippen LogP contribution in [0.15, 0.2) is 42.6 Å². The summed E-state index contributed by atoms with van der Waals surface area (Å²) >= 11 is 0. The number of hydrogen-bond acceptors (Lipinski definition) is 2. The lowest BCUT2D eigenvalue weighted by molar-refractivity contribution is 0.612. The van der Waals surface area contributed by atoms with Gasteiger partial charge in [0, 0.05) is 22.7 Å². The van der Waals surface area contributed by atoms with Crippen LogP contribution in [0.5, 0.6) is 0 Å². The molecule has 23 heavy (non-hydrogen) atoms. The molecule has 0 fully saturated rings. The van der Waals surface area contributed by atoms with Crippen LogP contribution in [0.3, 0.4) is 0 Å². The van der Waals surface area contributed by atoms with Crippen LogP contribution in [0, 0.1) is 12.7 Å². The molecule has 2 heterocycles. The molecular formula is C18H17FN2OS. The van der Waals surface area contributed by atoms with Crippen molar-refractivity contribution < 1.29 is 8.60 Å². The largest absolute Gasteiger partial charge is 0.304 e. The molecule has 2 aromatic heterocycles. The first kappa shape index (κ1) is 14.6. The van der Waals surface area contributed by atoms with Crippen LogP contribution in [0.4, 0.5) is 4.39 Å². The highest BCUT2D eigenvalue weighted by atomic mass is 32.2. The Morgan fingerprint density at radius 1 is 1.30 bits per heavy atom. The molecule has 5 heteroatoms. The third-order valence-electron chi connectivity index (χ3n) is 4.51. The number of rotatable bonds is 3. The van der Waals surface area contributed by atoms with Gasteiger partial charge in [0.1, 0.15) is 11.5 Å². The Labute approximate surface area is 136 Å². The van der Waals surface area contributed by atoms with Crippen molar-refractivity contribution in [3.05, 3.63) is 70.9 Å². The summed E-state index contributed by atoms with van der Waals surface area (Å²) in [6, 6.07) is 11.0. The lowest BCUT2D eigenvalue weighted by Crippen LogP contribution is -2.06. The predicted octanol–water partition coefficient (Wildman–Crippen LogP) is 3.72. The zero-order valence-electron chi connectivity index (χ0n) is 12.8. The van der Waals surface area contributed by atoms with Crippen molar-refractivity contribution in [3.8, 4) is 0 Å². The van der Waals surface area contributed by atoms with Gasteiger partial charge in [0.15, 0.2) is 0 Å². The Kier molecular flexibility index (Phi) is 3.53. The minimum atomic E-state index is -1.09. The van der Waals surface area contributed by atoms with Crippen LogP contribution in [0.2, 0.25) is 0 Å². The van der Waals surface area contributed by atoms with Gasteiger partial charge in [0.2, 0.25) is 0 Å². The summed E-state index contributed by atoms with van der Waals surface area (Å²) in [6.07, 6.45) is 3.36. The third-order valence-corrected chi connectivity index (χ3v) is 6.22. The van der Waals surface area contributed by atoms with Gasteiger partial charge in [-0.15, -0.1) is 0 Å². The normalized spacial score (nSPS) is 18.3. The fourth-order valence-corrected chi connectivity index (χ4v) is 4.88. The smallest absolute Gasteiger partial charge is 0.137 e. The molecular weight excluding hydrogens is 311 g/mol. The highest BCUT2D eigenvalue weighted by molar-refractivity contribution is 7.84. The van der Waals surface area contributed by atoms with Gasteiger partial charge >= 0.3 is 0 Å². The number of benzene rings is 1. The maximum atomic E-state index is 13.8. The molecule has 1 aliphatic carbocycles. The van der Waals surface area contributed by atoms with Crippen LogP contribution < -0.4 is 0 Å².